The Morgan fingerprint density at radius 1 is 1.56 bits per heavy atom. The van der Waals surface area contributed by atoms with Crippen molar-refractivity contribution in [2.45, 2.75) is 58.8 Å². The van der Waals surface area contributed by atoms with Crippen LogP contribution >= 0.6 is 0 Å². The minimum atomic E-state index is -0.701. The zero-order chi connectivity index (χ0) is 12.0. The monoisotopic (exact) mass is 224 g/mol. The average Bonchev–Trinajstić information content (AvgIpc) is 2.72. The van der Waals surface area contributed by atoms with Crippen molar-refractivity contribution in [3.05, 3.63) is 11.6 Å². The lowest BCUT2D eigenvalue weighted by molar-refractivity contribution is -0.133. The Balaban J connectivity index is 2.45. The van der Waals surface area contributed by atoms with Gasteiger partial charge >= 0.3 is 5.97 Å². The Labute approximate surface area is 98.7 Å². The summed E-state index contributed by atoms with van der Waals surface area (Å²) in [5.41, 5.74) is 0.676. The third-order valence-electron chi connectivity index (χ3n) is 3.73. The third-order valence-corrected chi connectivity index (χ3v) is 3.73. The smallest absolute Gasteiger partial charge is 0.331 e. The molecule has 0 radical (unpaired) electrons. The molecule has 2 heteroatoms. The zero-order valence-electron chi connectivity index (χ0n) is 10.5. The molecule has 0 heterocycles. The minimum Gasteiger partial charge on any atom is -0.478 e. The number of rotatable bonds is 7. The molecule has 0 amide bonds. The number of carboxylic acid groups (broad SMARTS) is 1. The summed E-state index contributed by atoms with van der Waals surface area (Å²) in [5.74, 6) is 0.331. The van der Waals surface area contributed by atoms with Crippen molar-refractivity contribution < 1.29 is 9.90 Å². The quantitative estimate of drug-likeness (QED) is 0.709. The fraction of sp³-hybridized carbons (Fsp3) is 0.786. The van der Waals surface area contributed by atoms with Crippen LogP contribution in [0.15, 0.2) is 11.6 Å². The summed E-state index contributed by atoms with van der Waals surface area (Å²) in [6.45, 7) is 4.43. The van der Waals surface area contributed by atoms with E-state index >= 15 is 0 Å². The molecule has 0 aromatic rings. The fourth-order valence-corrected chi connectivity index (χ4v) is 2.65. The minimum absolute atomic E-state index is 0.319. The standard InChI is InChI=1S/C14H24O2/c1-3-5-7-11(4-2)10-12-8-6-9-13(12)14(15)16/h9,11-12H,3-8,10H2,1-2H3,(H,15,16). The highest BCUT2D eigenvalue weighted by Gasteiger charge is 2.26. The Bertz CT molecular complexity index is 255. The Kier molecular flexibility index (Phi) is 5.58. The summed E-state index contributed by atoms with van der Waals surface area (Å²) in [4.78, 5) is 11.0. The van der Waals surface area contributed by atoms with E-state index in [9.17, 15) is 4.79 Å². The molecule has 2 nitrogen and oxygen atoms in total. The summed E-state index contributed by atoms with van der Waals surface area (Å²) >= 11 is 0. The molecule has 0 saturated heterocycles. The molecular formula is C14H24O2. The molecule has 0 saturated carbocycles. The van der Waals surface area contributed by atoms with Gasteiger partial charge in [0.2, 0.25) is 0 Å². The van der Waals surface area contributed by atoms with E-state index in [-0.39, 0.29) is 0 Å². The second-order valence-corrected chi connectivity index (χ2v) is 4.89. The molecule has 0 aromatic carbocycles. The molecule has 0 bridgehead atoms. The molecule has 0 aromatic heterocycles. The molecule has 16 heavy (non-hydrogen) atoms. The number of carboxylic acids is 1. The van der Waals surface area contributed by atoms with Gasteiger partial charge in [0.15, 0.2) is 0 Å². The second-order valence-electron chi connectivity index (χ2n) is 4.89. The molecule has 92 valence electrons. The van der Waals surface area contributed by atoms with Gasteiger partial charge in [-0.05, 0) is 31.1 Å². The number of aliphatic carboxylic acids is 1. The molecule has 0 spiro atoms. The molecule has 2 unspecified atom stereocenters. The second kappa shape index (κ2) is 6.72. The van der Waals surface area contributed by atoms with Crippen LogP contribution in [0.4, 0.5) is 0 Å². The summed E-state index contributed by atoms with van der Waals surface area (Å²) in [5, 5.41) is 9.08. The summed E-state index contributed by atoms with van der Waals surface area (Å²) in [6, 6.07) is 0. The van der Waals surface area contributed by atoms with Crippen molar-refractivity contribution >= 4 is 5.97 Å². The van der Waals surface area contributed by atoms with E-state index in [4.69, 9.17) is 5.11 Å². The third kappa shape index (κ3) is 3.66. The molecule has 2 atom stereocenters. The van der Waals surface area contributed by atoms with Crippen molar-refractivity contribution in [2.75, 3.05) is 0 Å². The number of allylic oxidation sites excluding steroid dienone is 1. The Morgan fingerprint density at radius 3 is 2.88 bits per heavy atom. The maximum Gasteiger partial charge on any atom is 0.331 e. The van der Waals surface area contributed by atoms with Crippen molar-refractivity contribution in [3.8, 4) is 0 Å². The topological polar surface area (TPSA) is 37.3 Å². The lowest BCUT2D eigenvalue weighted by Crippen LogP contribution is -2.13. The van der Waals surface area contributed by atoms with Crippen LogP contribution in [0.5, 0.6) is 0 Å². The molecule has 1 N–H and O–H groups in total. The molecule has 1 aliphatic rings. The summed E-state index contributed by atoms with van der Waals surface area (Å²) in [7, 11) is 0. The van der Waals surface area contributed by atoms with E-state index in [0.717, 1.165) is 19.3 Å². The summed E-state index contributed by atoms with van der Waals surface area (Å²) in [6.07, 6.45) is 9.95. The Morgan fingerprint density at radius 2 is 2.31 bits per heavy atom. The van der Waals surface area contributed by atoms with Crippen LogP contribution in [0.3, 0.4) is 0 Å². The maximum absolute atomic E-state index is 11.0. The van der Waals surface area contributed by atoms with E-state index in [1.807, 2.05) is 6.08 Å². The number of carbonyl (C=O) groups is 1. The maximum atomic E-state index is 11.0. The molecular weight excluding hydrogens is 200 g/mol. The normalized spacial score (nSPS) is 21.9. The number of hydrogen-bond donors (Lipinski definition) is 1. The van der Waals surface area contributed by atoms with Gasteiger partial charge in [0.25, 0.3) is 0 Å². The van der Waals surface area contributed by atoms with Crippen LogP contribution in [0, 0.1) is 11.8 Å². The molecule has 0 fully saturated rings. The van der Waals surface area contributed by atoms with Crippen LogP contribution in [0.25, 0.3) is 0 Å². The van der Waals surface area contributed by atoms with Crippen LogP contribution in [-0.2, 0) is 4.79 Å². The fourth-order valence-electron chi connectivity index (χ4n) is 2.65. The van der Waals surface area contributed by atoms with Gasteiger partial charge in [-0.15, -0.1) is 0 Å². The van der Waals surface area contributed by atoms with Gasteiger partial charge in [-0.2, -0.15) is 0 Å². The van der Waals surface area contributed by atoms with Gasteiger partial charge in [-0.1, -0.05) is 45.6 Å². The SMILES string of the molecule is CCCCC(CC)CC1CCC=C1C(=O)O. The van der Waals surface area contributed by atoms with Crippen LogP contribution < -0.4 is 0 Å². The van der Waals surface area contributed by atoms with Crippen LogP contribution in [0.1, 0.15) is 58.8 Å². The largest absolute Gasteiger partial charge is 0.478 e. The van der Waals surface area contributed by atoms with Gasteiger partial charge < -0.3 is 5.11 Å². The van der Waals surface area contributed by atoms with Crippen molar-refractivity contribution in [1.82, 2.24) is 0 Å². The van der Waals surface area contributed by atoms with E-state index < -0.39 is 5.97 Å². The average molecular weight is 224 g/mol. The highest BCUT2D eigenvalue weighted by molar-refractivity contribution is 5.87. The first-order valence-electron chi connectivity index (χ1n) is 6.62. The first kappa shape index (κ1) is 13.3. The van der Waals surface area contributed by atoms with Gasteiger partial charge in [-0.25, -0.2) is 4.79 Å². The Hall–Kier alpha value is -0.790. The van der Waals surface area contributed by atoms with Crippen LogP contribution in [-0.4, -0.2) is 11.1 Å². The van der Waals surface area contributed by atoms with Crippen molar-refractivity contribution in [2.24, 2.45) is 11.8 Å². The van der Waals surface area contributed by atoms with Gasteiger partial charge in [0, 0.05) is 5.57 Å². The highest BCUT2D eigenvalue weighted by atomic mass is 16.4. The molecule has 0 aliphatic heterocycles. The van der Waals surface area contributed by atoms with Crippen molar-refractivity contribution in [1.29, 1.82) is 0 Å². The number of unbranched alkanes of at least 4 members (excludes halogenated alkanes) is 1. The van der Waals surface area contributed by atoms with Crippen molar-refractivity contribution in [3.63, 3.8) is 0 Å². The van der Waals surface area contributed by atoms with Crippen LogP contribution in [0.2, 0.25) is 0 Å². The molecule has 1 rings (SSSR count). The zero-order valence-corrected chi connectivity index (χ0v) is 10.5. The van der Waals surface area contributed by atoms with Gasteiger partial charge in [0.05, 0.1) is 0 Å². The predicted molar refractivity (Wildman–Crippen MR) is 66.4 cm³/mol. The highest BCUT2D eigenvalue weighted by Crippen LogP contribution is 2.33. The summed E-state index contributed by atoms with van der Waals surface area (Å²) < 4.78 is 0. The first-order chi connectivity index (χ1) is 7.69. The first-order valence-corrected chi connectivity index (χ1v) is 6.62. The van der Waals surface area contributed by atoms with Gasteiger partial charge in [-0.3, -0.25) is 0 Å². The van der Waals surface area contributed by atoms with Gasteiger partial charge in [0.1, 0.15) is 0 Å². The number of hydrogen-bond acceptors (Lipinski definition) is 1. The van der Waals surface area contributed by atoms with E-state index in [1.54, 1.807) is 0 Å². The molecule has 1 aliphatic carbocycles. The predicted octanol–water partition coefficient (Wildman–Crippen LogP) is 4.01. The van der Waals surface area contributed by atoms with E-state index in [2.05, 4.69) is 13.8 Å². The lowest BCUT2D eigenvalue weighted by atomic mass is 9.85. The van der Waals surface area contributed by atoms with E-state index in [1.165, 1.54) is 25.7 Å². The lowest BCUT2D eigenvalue weighted by Gasteiger charge is -2.20. The van der Waals surface area contributed by atoms with E-state index in [0.29, 0.717) is 17.4 Å².